The van der Waals surface area contributed by atoms with Crippen LogP contribution in [0.25, 0.3) is 0 Å². The Balaban J connectivity index is 2.44. The van der Waals surface area contributed by atoms with Gasteiger partial charge in [-0.2, -0.15) is 0 Å². The van der Waals surface area contributed by atoms with Gasteiger partial charge in [-0.1, -0.05) is 30.3 Å². The molecular formula is C10H13NS. The molecule has 64 valence electrons. The molecule has 0 aliphatic carbocycles. The summed E-state index contributed by atoms with van der Waals surface area (Å²) in [6.07, 6.45) is 0. The van der Waals surface area contributed by atoms with E-state index in [1.165, 1.54) is 5.56 Å². The van der Waals surface area contributed by atoms with E-state index in [9.17, 15) is 0 Å². The SMILES string of the molecule is CN=C(C)SCc1ccccc1. The topological polar surface area (TPSA) is 12.4 Å². The van der Waals surface area contributed by atoms with E-state index < -0.39 is 0 Å². The summed E-state index contributed by atoms with van der Waals surface area (Å²) in [6, 6.07) is 10.4. The van der Waals surface area contributed by atoms with Gasteiger partial charge in [0.25, 0.3) is 0 Å². The van der Waals surface area contributed by atoms with Gasteiger partial charge in [-0.25, -0.2) is 0 Å². The maximum Gasteiger partial charge on any atom is 0.0644 e. The van der Waals surface area contributed by atoms with Gasteiger partial charge in [-0.3, -0.25) is 4.99 Å². The lowest BCUT2D eigenvalue weighted by atomic mass is 10.2. The van der Waals surface area contributed by atoms with Gasteiger partial charge in [0.2, 0.25) is 0 Å². The maximum absolute atomic E-state index is 4.08. The van der Waals surface area contributed by atoms with Gasteiger partial charge in [0.05, 0.1) is 5.04 Å². The maximum atomic E-state index is 4.08. The Hall–Kier alpha value is -0.760. The van der Waals surface area contributed by atoms with Crippen LogP contribution in [0.4, 0.5) is 0 Å². The average molecular weight is 179 g/mol. The lowest BCUT2D eigenvalue weighted by Crippen LogP contribution is -1.85. The Morgan fingerprint density at radius 3 is 2.58 bits per heavy atom. The highest BCUT2D eigenvalue weighted by molar-refractivity contribution is 8.13. The van der Waals surface area contributed by atoms with Crippen LogP contribution in [0.1, 0.15) is 12.5 Å². The summed E-state index contributed by atoms with van der Waals surface area (Å²) in [5, 5.41) is 1.14. The summed E-state index contributed by atoms with van der Waals surface area (Å²) < 4.78 is 0. The van der Waals surface area contributed by atoms with Gasteiger partial charge in [-0.05, 0) is 12.5 Å². The molecule has 0 atom stereocenters. The second-order valence-electron chi connectivity index (χ2n) is 2.52. The molecule has 2 heteroatoms. The summed E-state index contributed by atoms with van der Waals surface area (Å²) in [7, 11) is 1.83. The lowest BCUT2D eigenvalue weighted by Gasteiger charge is -1.99. The molecule has 0 N–H and O–H groups in total. The van der Waals surface area contributed by atoms with Gasteiger partial charge >= 0.3 is 0 Å². The highest BCUT2D eigenvalue weighted by Gasteiger charge is 1.93. The molecule has 1 nitrogen and oxygen atoms in total. The van der Waals surface area contributed by atoms with Gasteiger partial charge in [-0.15, -0.1) is 11.8 Å². The first-order chi connectivity index (χ1) is 5.83. The predicted octanol–water partition coefficient (Wildman–Crippen LogP) is 2.97. The first kappa shape index (κ1) is 9.33. The van der Waals surface area contributed by atoms with E-state index >= 15 is 0 Å². The highest BCUT2D eigenvalue weighted by Crippen LogP contribution is 2.12. The molecule has 0 aliphatic rings. The van der Waals surface area contributed by atoms with Gasteiger partial charge in [0.1, 0.15) is 0 Å². The third-order valence-corrected chi connectivity index (χ3v) is 2.68. The van der Waals surface area contributed by atoms with Gasteiger partial charge < -0.3 is 0 Å². The zero-order valence-electron chi connectivity index (χ0n) is 7.45. The van der Waals surface area contributed by atoms with Crippen LogP contribution in [0.2, 0.25) is 0 Å². The third kappa shape index (κ3) is 3.09. The molecule has 0 heterocycles. The molecule has 0 radical (unpaired) electrons. The van der Waals surface area contributed by atoms with Crippen molar-refractivity contribution in [2.24, 2.45) is 4.99 Å². The summed E-state index contributed by atoms with van der Waals surface area (Å²) in [5.74, 6) is 1.02. The fourth-order valence-corrected chi connectivity index (χ4v) is 1.52. The Labute approximate surface area is 77.9 Å². The van der Waals surface area contributed by atoms with Crippen molar-refractivity contribution in [2.45, 2.75) is 12.7 Å². The molecule has 0 amide bonds. The molecule has 0 saturated carbocycles. The second-order valence-corrected chi connectivity index (χ2v) is 3.69. The molecule has 0 spiro atoms. The minimum absolute atomic E-state index is 1.02. The van der Waals surface area contributed by atoms with E-state index in [0.717, 1.165) is 10.8 Å². The van der Waals surface area contributed by atoms with Crippen molar-refractivity contribution in [3.05, 3.63) is 35.9 Å². The number of thioether (sulfide) groups is 1. The number of aliphatic imine (C=N–C) groups is 1. The molecule has 1 aromatic rings. The van der Waals surface area contributed by atoms with E-state index in [4.69, 9.17) is 0 Å². The molecule has 0 aromatic heterocycles. The van der Waals surface area contributed by atoms with Crippen molar-refractivity contribution in [2.75, 3.05) is 7.05 Å². The van der Waals surface area contributed by atoms with E-state index in [1.54, 1.807) is 11.8 Å². The smallest absolute Gasteiger partial charge is 0.0644 e. The number of benzene rings is 1. The Morgan fingerprint density at radius 2 is 2.00 bits per heavy atom. The summed E-state index contributed by atoms with van der Waals surface area (Å²) in [5.41, 5.74) is 1.35. The first-order valence-corrected chi connectivity index (χ1v) is 4.91. The highest BCUT2D eigenvalue weighted by atomic mass is 32.2. The molecule has 0 aliphatic heterocycles. The molecule has 12 heavy (non-hydrogen) atoms. The summed E-state index contributed by atoms with van der Waals surface area (Å²) >= 11 is 1.78. The molecule has 0 saturated heterocycles. The number of hydrogen-bond donors (Lipinski definition) is 0. The van der Waals surface area contributed by atoms with Crippen molar-refractivity contribution in [1.82, 2.24) is 0 Å². The number of nitrogens with zero attached hydrogens (tertiary/aromatic N) is 1. The average Bonchev–Trinajstić information content (AvgIpc) is 2.16. The van der Waals surface area contributed by atoms with Crippen LogP contribution in [0, 0.1) is 0 Å². The molecule has 1 aromatic carbocycles. The van der Waals surface area contributed by atoms with E-state index in [-0.39, 0.29) is 0 Å². The van der Waals surface area contributed by atoms with E-state index in [1.807, 2.05) is 20.0 Å². The van der Waals surface area contributed by atoms with Crippen molar-refractivity contribution in [1.29, 1.82) is 0 Å². The van der Waals surface area contributed by atoms with Crippen molar-refractivity contribution < 1.29 is 0 Å². The van der Waals surface area contributed by atoms with Crippen LogP contribution >= 0.6 is 11.8 Å². The molecule has 1 rings (SSSR count). The quantitative estimate of drug-likeness (QED) is 0.502. The molecule has 0 unspecified atom stereocenters. The van der Waals surface area contributed by atoms with Crippen molar-refractivity contribution in [3.8, 4) is 0 Å². The lowest BCUT2D eigenvalue weighted by molar-refractivity contribution is 1.41. The van der Waals surface area contributed by atoms with Crippen LogP contribution in [-0.4, -0.2) is 12.1 Å². The largest absolute Gasteiger partial charge is 0.287 e. The Morgan fingerprint density at radius 1 is 1.33 bits per heavy atom. The van der Waals surface area contributed by atoms with Crippen molar-refractivity contribution >= 4 is 16.8 Å². The summed E-state index contributed by atoms with van der Waals surface area (Å²) in [4.78, 5) is 4.08. The minimum Gasteiger partial charge on any atom is -0.287 e. The summed E-state index contributed by atoms with van der Waals surface area (Å²) in [6.45, 7) is 2.04. The van der Waals surface area contributed by atoms with Crippen LogP contribution in [-0.2, 0) is 5.75 Å². The standard InChI is InChI=1S/C10H13NS/c1-9(11-2)12-8-10-6-4-3-5-7-10/h3-7H,8H2,1-2H3. The van der Waals surface area contributed by atoms with Crippen LogP contribution in [0.3, 0.4) is 0 Å². The van der Waals surface area contributed by atoms with Crippen molar-refractivity contribution in [3.63, 3.8) is 0 Å². The van der Waals surface area contributed by atoms with Crippen LogP contribution in [0.15, 0.2) is 35.3 Å². The van der Waals surface area contributed by atoms with Crippen LogP contribution < -0.4 is 0 Å². The van der Waals surface area contributed by atoms with E-state index in [0.29, 0.717) is 0 Å². The molecular weight excluding hydrogens is 166 g/mol. The monoisotopic (exact) mass is 179 g/mol. The predicted molar refractivity (Wildman–Crippen MR) is 56.8 cm³/mol. The van der Waals surface area contributed by atoms with Gasteiger partial charge in [0, 0.05) is 12.8 Å². The second kappa shape index (κ2) is 4.99. The normalized spacial score (nSPS) is 11.7. The molecule has 0 fully saturated rings. The Bertz CT molecular complexity index is 254. The van der Waals surface area contributed by atoms with Gasteiger partial charge in [0.15, 0.2) is 0 Å². The third-order valence-electron chi connectivity index (χ3n) is 1.61. The molecule has 0 bridgehead atoms. The zero-order chi connectivity index (χ0) is 8.81. The minimum atomic E-state index is 1.02. The van der Waals surface area contributed by atoms with E-state index in [2.05, 4.69) is 29.3 Å². The Kier molecular flexibility index (Phi) is 3.88. The fourth-order valence-electron chi connectivity index (χ4n) is 0.827. The fraction of sp³-hybridized carbons (Fsp3) is 0.300. The number of hydrogen-bond acceptors (Lipinski definition) is 2. The zero-order valence-corrected chi connectivity index (χ0v) is 8.27. The number of rotatable bonds is 2. The first-order valence-electron chi connectivity index (χ1n) is 3.93. The van der Waals surface area contributed by atoms with Crippen LogP contribution in [0.5, 0.6) is 0 Å².